The Morgan fingerprint density at radius 2 is 2.06 bits per heavy atom. The third-order valence-electron chi connectivity index (χ3n) is 3.66. The van der Waals surface area contributed by atoms with Crippen molar-refractivity contribution in [3.05, 3.63) is 0 Å². The van der Waals surface area contributed by atoms with Crippen molar-refractivity contribution in [2.45, 2.75) is 84.5 Å². The Hall–Kier alpha value is -0.0800. The Morgan fingerprint density at radius 1 is 1.35 bits per heavy atom. The maximum atomic E-state index is 6.10. The molecule has 17 heavy (non-hydrogen) atoms. The van der Waals surface area contributed by atoms with Gasteiger partial charge in [0.25, 0.3) is 0 Å². The van der Waals surface area contributed by atoms with Gasteiger partial charge < -0.3 is 10.1 Å². The van der Waals surface area contributed by atoms with Crippen LogP contribution < -0.4 is 5.32 Å². The van der Waals surface area contributed by atoms with Crippen molar-refractivity contribution in [2.75, 3.05) is 6.54 Å². The molecular formula is C15H31NO. The lowest BCUT2D eigenvalue weighted by Gasteiger charge is -2.24. The minimum atomic E-state index is 0.118. The predicted octanol–water partition coefficient (Wildman–Crippen LogP) is 3.75. The van der Waals surface area contributed by atoms with Crippen molar-refractivity contribution < 1.29 is 4.74 Å². The molecule has 1 rings (SSSR count). The van der Waals surface area contributed by atoms with E-state index in [0.717, 1.165) is 12.5 Å². The second-order valence-electron chi connectivity index (χ2n) is 6.49. The molecule has 1 heterocycles. The molecule has 2 unspecified atom stereocenters. The summed E-state index contributed by atoms with van der Waals surface area (Å²) in [6, 6.07) is 0.593. The first-order valence-electron chi connectivity index (χ1n) is 7.34. The van der Waals surface area contributed by atoms with Gasteiger partial charge in [0, 0.05) is 6.04 Å². The largest absolute Gasteiger partial charge is 0.372 e. The van der Waals surface area contributed by atoms with Gasteiger partial charge in [-0.25, -0.2) is 0 Å². The molecule has 2 atom stereocenters. The van der Waals surface area contributed by atoms with E-state index in [9.17, 15) is 0 Å². The molecule has 2 heteroatoms. The van der Waals surface area contributed by atoms with Crippen molar-refractivity contribution in [3.63, 3.8) is 0 Å². The maximum Gasteiger partial charge on any atom is 0.0631 e. The van der Waals surface area contributed by atoms with Crippen LogP contribution in [-0.2, 0) is 4.74 Å². The second-order valence-corrected chi connectivity index (χ2v) is 6.49. The van der Waals surface area contributed by atoms with Crippen LogP contribution in [0.3, 0.4) is 0 Å². The van der Waals surface area contributed by atoms with Gasteiger partial charge in [0.15, 0.2) is 0 Å². The summed E-state index contributed by atoms with van der Waals surface area (Å²) in [5.74, 6) is 0.779. The highest BCUT2D eigenvalue weighted by Gasteiger charge is 2.32. The number of ether oxygens (including phenoxy) is 1. The maximum absolute atomic E-state index is 6.10. The molecule has 1 fully saturated rings. The van der Waals surface area contributed by atoms with Gasteiger partial charge in [0.2, 0.25) is 0 Å². The molecule has 0 spiro atoms. The minimum absolute atomic E-state index is 0.118. The summed E-state index contributed by atoms with van der Waals surface area (Å²) in [6.45, 7) is 12.3. The Labute approximate surface area is 108 Å². The Morgan fingerprint density at radius 3 is 2.53 bits per heavy atom. The van der Waals surface area contributed by atoms with Gasteiger partial charge in [0.1, 0.15) is 0 Å². The van der Waals surface area contributed by atoms with E-state index in [4.69, 9.17) is 4.74 Å². The topological polar surface area (TPSA) is 21.3 Å². The smallest absolute Gasteiger partial charge is 0.0631 e. The number of nitrogens with one attached hydrogen (secondary N) is 1. The zero-order valence-electron chi connectivity index (χ0n) is 12.4. The Bertz CT molecular complexity index is 213. The van der Waals surface area contributed by atoms with E-state index in [1.165, 1.54) is 32.1 Å². The highest BCUT2D eigenvalue weighted by atomic mass is 16.5. The summed E-state index contributed by atoms with van der Waals surface area (Å²) in [6.07, 6.45) is 6.79. The zero-order valence-corrected chi connectivity index (χ0v) is 12.4. The fourth-order valence-electron chi connectivity index (χ4n) is 2.73. The lowest BCUT2D eigenvalue weighted by molar-refractivity contribution is -0.0250. The van der Waals surface area contributed by atoms with E-state index in [1.807, 2.05) is 0 Å². The summed E-state index contributed by atoms with van der Waals surface area (Å²) < 4.78 is 6.10. The molecule has 0 radical (unpaired) electrons. The SMILES string of the molecule is CCCC(CNC(C)C)CC1CCC(C)(C)O1. The molecule has 0 aliphatic carbocycles. The normalized spacial score (nSPS) is 25.4. The van der Waals surface area contributed by atoms with E-state index < -0.39 is 0 Å². The standard InChI is InChI=1S/C15H31NO/c1-6-7-13(11-16-12(2)3)10-14-8-9-15(4,5)17-14/h12-14,16H,6-11H2,1-5H3. The lowest BCUT2D eigenvalue weighted by atomic mass is 9.94. The molecule has 0 saturated carbocycles. The van der Waals surface area contributed by atoms with E-state index in [-0.39, 0.29) is 5.60 Å². The van der Waals surface area contributed by atoms with E-state index in [0.29, 0.717) is 12.1 Å². The van der Waals surface area contributed by atoms with Crippen LogP contribution in [0.15, 0.2) is 0 Å². The fraction of sp³-hybridized carbons (Fsp3) is 1.00. The summed E-state index contributed by atoms with van der Waals surface area (Å²) in [7, 11) is 0. The van der Waals surface area contributed by atoms with Crippen LogP contribution in [0, 0.1) is 5.92 Å². The fourth-order valence-corrected chi connectivity index (χ4v) is 2.73. The van der Waals surface area contributed by atoms with Crippen LogP contribution in [0.25, 0.3) is 0 Å². The third-order valence-corrected chi connectivity index (χ3v) is 3.66. The highest BCUT2D eigenvalue weighted by molar-refractivity contribution is 4.82. The average molecular weight is 241 g/mol. The first-order chi connectivity index (χ1) is 7.93. The van der Waals surface area contributed by atoms with Gasteiger partial charge in [-0.2, -0.15) is 0 Å². The van der Waals surface area contributed by atoms with E-state index in [1.54, 1.807) is 0 Å². The van der Waals surface area contributed by atoms with Gasteiger partial charge in [-0.05, 0) is 52.0 Å². The van der Waals surface area contributed by atoms with Crippen LogP contribution in [0.2, 0.25) is 0 Å². The van der Waals surface area contributed by atoms with Crippen molar-refractivity contribution in [1.29, 1.82) is 0 Å². The first-order valence-corrected chi connectivity index (χ1v) is 7.34. The van der Waals surface area contributed by atoms with Crippen LogP contribution in [0.1, 0.15) is 66.7 Å². The summed E-state index contributed by atoms with van der Waals surface area (Å²) in [4.78, 5) is 0. The van der Waals surface area contributed by atoms with Gasteiger partial charge >= 0.3 is 0 Å². The summed E-state index contributed by atoms with van der Waals surface area (Å²) in [5.41, 5.74) is 0.118. The van der Waals surface area contributed by atoms with Crippen LogP contribution >= 0.6 is 0 Å². The van der Waals surface area contributed by atoms with Crippen molar-refractivity contribution >= 4 is 0 Å². The van der Waals surface area contributed by atoms with Gasteiger partial charge in [-0.15, -0.1) is 0 Å². The van der Waals surface area contributed by atoms with Crippen molar-refractivity contribution in [1.82, 2.24) is 5.32 Å². The Balaban J connectivity index is 2.33. The van der Waals surface area contributed by atoms with Crippen LogP contribution in [-0.4, -0.2) is 24.3 Å². The molecule has 1 saturated heterocycles. The molecule has 1 N–H and O–H groups in total. The number of hydrogen-bond donors (Lipinski definition) is 1. The molecular weight excluding hydrogens is 210 g/mol. The van der Waals surface area contributed by atoms with E-state index in [2.05, 4.69) is 39.9 Å². The van der Waals surface area contributed by atoms with Crippen LogP contribution in [0.4, 0.5) is 0 Å². The first kappa shape index (κ1) is 15.0. The predicted molar refractivity (Wildman–Crippen MR) is 74.3 cm³/mol. The minimum Gasteiger partial charge on any atom is -0.372 e. The quantitative estimate of drug-likeness (QED) is 0.733. The van der Waals surface area contributed by atoms with Gasteiger partial charge in [-0.1, -0.05) is 27.2 Å². The molecule has 0 amide bonds. The van der Waals surface area contributed by atoms with E-state index >= 15 is 0 Å². The molecule has 0 aromatic heterocycles. The average Bonchev–Trinajstić information content (AvgIpc) is 2.55. The second kappa shape index (κ2) is 6.75. The molecule has 0 aromatic carbocycles. The zero-order chi connectivity index (χ0) is 12.9. The van der Waals surface area contributed by atoms with Crippen molar-refractivity contribution in [3.8, 4) is 0 Å². The number of hydrogen-bond acceptors (Lipinski definition) is 2. The molecule has 0 aromatic rings. The number of rotatable bonds is 7. The molecule has 102 valence electrons. The molecule has 2 nitrogen and oxygen atoms in total. The van der Waals surface area contributed by atoms with Crippen LogP contribution in [0.5, 0.6) is 0 Å². The van der Waals surface area contributed by atoms with Gasteiger partial charge in [0.05, 0.1) is 11.7 Å². The lowest BCUT2D eigenvalue weighted by Crippen LogP contribution is -2.31. The van der Waals surface area contributed by atoms with Crippen molar-refractivity contribution in [2.24, 2.45) is 5.92 Å². The summed E-state index contributed by atoms with van der Waals surface area (Å²) in [5, 5.41) is 3.57. The molecule has 0 bridgehead atoms. The van der Waals surface area contributed by atoms with Gasteiger partial charge in [-0.3, -0.25) is 0 Å². The molecule has 1 aliphatic rings. The summed E-state index contributed by atoms with van der Waals surface area (Å²) >= 11 is 0. The molecule has 1 aliphatic heterocycles. The Kier molecular flexibility index (Phi) is 5.94. The highest BCUT2D eigenvalue weighted by Crippen LogP contribution is 2.33. The monoisotopic (exact) mass is 241 g/mol. The third kappa shape index (κ3) is 5.87.